The van der Waals surface area contributed by atoms with Crippen molar-refractivity contribution in [2.45, 2.75) is 26.8 Å². The topological polar surface area (TPSA) is 54.5 Å². The molecule has 1 aliphatic heterocycles. The summed E-state index contributed by atoms with van der Waals surface area (Å²) in [6.07, 6.45) is 1.56. The Hall–Kier alpha value is -1.33. The van der Waals surface area contributed by atoms with Gasteiger partial charge in [-0.05, 0) is 30.3 Å². The molecule has 1 aromatic carbocycles. The minimum absolute atomic E-state index is 0.0859. The first-order valence-electron chi connectivity index (χ1n) is 6.60. The summed E-state index contributed by atoms with van der Waals surface area (Å²) in [7, 11) is -3.24. The number of sulfone groups is 1. The van der Waals surface area contributed by atoms with Crippen molar-refractivity contribution in [1.29, 1.82) is 0 Å². The van der Waals surface area contributed by atoms with Crippen LogP contribution in [0.15, 0.2) is 35.7 Å². The lowest BCUT2D eigenvalue weighted by Gasteiger charge is -2.33. The van der Waals surface area contributed by atoms with Crippen LogP contribution in [-0.4, -0.2) is 26.1 Å². The van der Waals surface area contributed by atoms with Crippen LogP contribution < -0.4 is 4.90 Å². The molecule has 4 nitrogen and oxygen atoms in total. The van der Waals surface area contributed by atoms with Gasteiger partial charge in [-0.3, -0.25) is 4.79 Å². The first kappa shape index (κ1) is 16.0. The molecule has 1 atom stereocenters. The minimum Gasteiger partial charge on any atom is -0.304 e. The molecule has 6 heteroatoms. The number of carbonyl (C=O) groups excluding carboxylic acids is 1. The molecule has 0 aromatic heterocycles. The van der Waals surface area contributed by atoms with Gasteiger partial charge in [0.15, 0.2) is 9.84 Å². The standard InChI is InChI=1S/C15H18ClNO3S/c1-15(2,3)14(18)17(12-6-4-11(16)5-7-12)13-8-9-21(19,20)10-13/h4-9,13H,10H2,1-3H3/t13-/m1/s1. The number of benzene rings is 1. The number of carbonyl (C=O) groups is 1. The van der Waals surface area contributed by atoms with Crippen LogP contribution in [0, 0.1) is 5.41 Å². The van der Waals surface area contributed by atoms with E-state index in [0.717, 1.165) is 0 Å². The van der Waals surface area contributed by atoms with E-state index in [1.165, 1.54) is 10.3 Å². The third kappa shape index (κ3) is 3.66. The molecule has 0 radical (unpaired) electrons. The van der Waals surface area contributed by atoms with Crippen LogP contribution in [-0.2, 0) is 14.6 Å². The second-order valence-electron chi connectivity index (χ2n) is 6.13. The highest BCUT2D eigenvalue weighted by Gasteiger charge is 2.36. The number of anilines is 1. The highest BCUT2D eigenvalue weighted by Crippen LogP contribution is 2.29. The summed E-state index contributed by atoms with van der Waals surface area (Å²) in [4.78, 5) is 14.3. The van der Waals surface area contributed by atoms with Gasteiger partial charge in [-0.15, -0.1) is 0 Å². The zero-order valence-electron chi connectivity index (χ0n) is 12.2. The predicted molar refractivity (Wildman–Crippen MR) is 85.1 cm³/mol. The Bertz CT molecular complexity index is 672. The fourth-order valence-electron chi connectivity index (χ4n) is 2.14. The van der Waals surface area contributed by atoms with Gasteiger partial charge in [-0.25, -0.2) is 8.42 Å². The van der Waals surface area contributed by atoms with Crippen LogP contribution in [0.25, 0.3) is 0 Å². The van der Waals surface area contributed by atoms with E-state index in [2.05, 4.69) is 0 Å². The predicted octanol–water partition coefficient (Wildman–Crippen LogP) is 3.03. The Kier molecular flexibility index (Phi) is 4.17. The van der Waals surface area contributed by atoms with E-state index in [1.54, 1.807) is 30.3 Å². The summed E-state index contributed by atoms with van der Waals surface area (Å²) < 4.78 is 23.3. The number of hydrogen-bond donors (Lipinski definition) is 0. The lowest BCUT2D eigenvalue weighted by molar-refractivity contribution is -0.126. The quantitative estimate of drug-likeness (QED) is 0.839. The molecule has 1 amide bonds. The van der Waals surface area contributed by atoms with E-state index in [4.69, 9.17) is 11.6 Å². The molecule has 0 spiro atoms. The number of rotatable bonds is 2. The second kappa shape index (κ2) is 5.46. The Labute approximate surface area is 130 Å². The lowest BCUT2D eigenvalue weighted by Crippen LogP contribution is -2.46. The van der Waals surface area contributed by atoms with E-state index in [-0.39, 0.29) is 11.7 Å². The van der Waals surface area contributed by atoms with Crippen LogP contribution in [0.2, 0.25) is 5.02 Å². The molecular weight excluding hydrogens is 310 g/mol. The van der Waals surface area contributed by atoms with Gasteiger partial charge in [-0.2, -0.15) is 0 Å². The molecule has 0 fully saturated rings. The van der Waals surface area contributed by atoms with Gasteiger partial charge in [0.2, 0.25) is 5.91 Å². The third-order valence-corrected chi connectivity index (χ3v) is 4.84. The maximum Gasteiger partial charge on any atom is 0.232 e. The van der Waals surface area contributed by atoms with E-state index in [9.17, 15) is 13.2 Å². The first-order valence-corrected chi connectivity index (χ1v) is 8.70. The van der Waals surface area contributed by atoms with Crippen molar-refractivity contribution in [2.24, 2.45) is 5.41 Å². The normalized spacial score (nSPS) is 20.5. The summed E-state index contributed by atoms with van der Waals surface area (Å²) in [5, 5.41) is 1.74. The zero-order valence-corrected chi connectivity index (χ0v) is 13.8. The van der Waals surface area contributed by atoms with Gasteiger partial charge in [0.1, 0.15) is 0 Å². The Morgan fingerprint density at radius 2 is 1.81 bits per heavy atom. The lowest BCUT2D eigenvalue weighted by atomic mass is 9.93. The highest BCUT2D eigenvalue weighted by atomic mass is 35.5. The van der Waals surface area contributed by atoms with Crippen LogP contribution in [0.3, 0.4) is 0 Å². The third-order valence-electron chi connectivity index (χ3n) is 3.21. The average Bonchev–Trinajstić information content (AvgIpc) is 2.71. The monoisotopic (exact) mass is 327 g/mol. The molecule has 0 N–H and O–H groups in total. The number of hydrogen-bond acceptors (Lipinski definition) is 3. The molecule has 114 valence electrons. The minimum atomic E-state index is -3.24. The highest BCUT2D eigenvalue weighted by molar-refractivity contribution is 7.94. The molecule has 0 unspecified atom stereocenters. The van der Waals surface area contributed by atoms with E-state index < -0.39 is 21.3 Å². The van der Waals surface area contributed by atoms with Crippen molar-refractivity contribution >= 4 is 33.0 Å². The molecule has 21 heavy (non-hydrogen) atoms. The maximum atomic E-state index is 12.7. The Morgan fingerprint density at radius 3 is 2.24 bits per heavy atom. The Balaban J connectivity index is 2.43. The Morgan fingerprint density at radius 1 is 1.24 bits per heavy atom. The fourth-order valence-corrected chi connectivity index (χ4v) is 3.54. The molecule has 1 heterocycles. The second-order valence-corrected chi connectivity index (χ2v) is 8.49. The van der Waals surface area contributed by atoms with E-state index in [0.29, 0.717) is 10.7 Å². The van der Waals surface area contributed by atoms with Crippen molar-refractivity contribution in [1.82, 2.24) is 0 Å². The van der Waals surface area contributed by atoms with Crippen molar-refractivity contribution in [3.8, 4) is 0 Å². The van der Waals surface area contributed by atoms with Gasteiger partial charge in [0.05, 0.1) is 11.8 Å². The van der Waals surface area contributed by atoms with Gasteiger partial charge < -0.3 is 4.90 Å². The molecule has 1 aliphatic rings. The van der Waals surface area contributed by atoms with Crippen LogP contribution >= 0.6 is 11.6 Å². The molecule has 2 rings (SSSR count). The summed E-state index contributed by atoms with van der Waals surface area (Å²) in [6.45, 7) is 5.43. The smallest absolute Gasteiger partial charge is 0.232 e. The van der Waals surface area contributed by atoms with Crippen molar-refractivity contribution in [2.75, 3.05) is 10.7 Å². The van der Waals surface area contributed by atoms with Crippen molar-refractivity contribution in [3.63, 3.8) is 0 Å². The molecule has 0 bridgehead atoms. The molecular formula is C15H18ClNO3S. The maximum absolute atomic E-state index is 12.7. The molecule has 0 saturated carbocycles. The average molecular weight is 328 g/mol. The molecule has 1 aromatic rings. The molecule has 0 saturated heterocycles. The van der Waals surface area contributed by atoms with Gasteiger partial charge >= 0.3 is 0 Å². The number of halogens is 1. The van der Waals surface area contributed by atoms with Gasteiger partial charge in [0, 0.05) is 21.5 Å². The van der Waals surface area contributed by atoms with E-state index >= 15 is 0 Å². The summed E-state index contributed by atoms with van der Waals surface area (Å²) in [6, 6.07) is 6.35. The summed E-state index contributed by atoms with van der Waals surface area (Å²) >= 11 is 5.88. The first-order chi connectivity index (χ1) is 9.60. The van der Waals surface area contributed by atoms with Gasteiger partial charge in [0.25, 0.3) is 0 Å². The van der Waals surface area contributed by atoms with Crippen LogP contribution in [0.1, 0.15) is 20.8 Å². The molecule has 0 aliphatic carbocycles. The van der Waals surface area contributed by atoms with Crippen LogP contribution in [0.5, 0.6) is 0 Å². The number of nitrogens with zero attached hydrogens (tertiary/aromatic N) is 1. The van der Waals surface area contributed by atoms with Crippen molar-refractivity contribution < 1.29 is 13.2 Å². The van der Waals surface area contributed by atoms with Crippen LogP contribution in [0.4, 0.5) is 5.69 Å². The fraction of sp³-hybridized carbons (Fsp3) is 0.400. The van der Waals surface area contributed by atoms with Crippen molar-refractivity contribution in [3.05, 3.63) is 40.8 Å². The summed E-state index contributed by atoms with van der Waals surface area (Å²) in [5.41, 5.74) is 0.0332. The van der Waals surface area contributed by atoms with Gasteiger partial charge in [-0.1, -0.05) is 32.4 Å². The largest absolute Gasteiger partial charge is 0.304 e. The van der Waals surface area contributed by atoms with E-state index in [1.807, 2.05) is 20.8 Å². The number of amides is 1. The zero-order chi connectivity index (χ0) is 15.8. The SMILES string of the molecule is CC(C)(C)C(=O)N(c1ccc(Cl)cc1)[C@@H]1C=CS(=O)(=O)C1. The summed E-state index contributed by atoms with van der Waals surface area (Å²) in [5.74, 6) is -0.214.